The molecule has 4 aromatic rings. The molecule has 0 unspecified atom stereocenters. The van der Waals surface area contributed by atoms with E-state index in [0.717, 1.165) is 35.2 Å². The number of unbranched alkanes of at least 4 members (excludes halogenated alkanes) is 2. The Morgan fingerprint density at radius 2 is 1.93 bits per heavy atom. The highest BCUT2D eigenvalue weighted by Gasteiger charge is 2.19. The summed E-state index contributed by atoms with van der Waals surface area (Å²) in [6.45, 7) is 2.88. The zero-order valence-corrected chi connectivity index (χ0v) is 17.8. The molecule has 0 saturated heterocycles. The lowest BCUT2D eigenvalue weighted by molar-refractivity contribution is 0.102. The van der Waals surface area contributed by atoms with Crippen molar-refractivity contribution >= 4 is 43.4 Å². The van der Waals surface area contributed by atoms with E-state index >= 15 is 0 Å². The number of thiazole rings is 1. The van der Waals surface area contributed by atoms with E-state index < -0.39 is 0 Å². The van der Waals surface area contributed by atoms with Gasteiger partial charge in [0.05, 0.1) is 16.8 Å². The van der Waals surface area contributed by atoms with Crippen molar-refractivity contribution in [2.45, 2.75) is 39.0 Å². The second kappa shape index (κ2) is 8.07. The molecule has 1 aliphatic carbocycles. The summed E-state index contributed by atoms with van der Waals surface area (Å²) in [6.07, 6.45) is 5.57. The first-order valence-corrected chi connectivity index (χ1v) is 11.4. The van der Waals surface area contributed by atoms with Crippen molar-refractivity contribution in [3.8, 4) is 5.75 Å². The number of fused-ring (bicyclic) bond motifs is 2. The van der Waals surface area contributed by atoms with Gasteiger partial charge in [-0.3, -0.25) is 10.1 Å². The van der Waals surface area contributed by atoms with Gasteiger partial charge in [0.25, 0.3) is 5.91 Å². The van der Waals surface area contributed by atoms with Crippen LogP contribution in [0.15, 0.2) is 48.5 Å². The number of carbonyl (C=O) groups excluding carboxylic acids is 1. The van der Waals surface area contributed by atoms with E-state index in [1.165, 1.54) is 46.1 Å². The van der Waals surface area contributed by atoms with Crippen LogP contribution in [-0.2, 0) is 12.8 Å². The molecule has 1 aliphatic rings. The average molecular weight is 417 g/mol. The first-order valence-electron chi connectivity index (χ1n) is 10.6. The molecule has 0 aliphatic heterocycles. The van der Waals surface area contributed by atoms with Crippen molar-refractivity contribution < 1.29 is 9.53 Å². The molecule has 1 heterocycles. The van der Waals surface area contributed by atoms with Crippen LogP contribution in [0.5, 0.6) is 5.75 Å². The molecule has 30 heavy (non-hydrogen) atoms. The van der Waals surface area contributed by atoms with Crippen LogP contribution in [0.1, 0.15) is 47.7 Å². The van der Waals surface area contributed by atoms with Gasteiger partial charge in [-0.2, -0.15) is 0 Å². The Bertz CT molecular complexity index is 1230. The topological polar surface area (TPSA) is 51.2 Å². The van der Waals surface area contributed by atoms with Crippen molar-refractivity contribution in [2.24, 2.45) is 0 Å². The third-order valence-electron chi connectivity index (χ3n) is 5.70. The first-order chi connectivity index (χ1) is 14.7. The van der Waals surface area contributed by atoms with E-state index in [0.29, 0.717) is 17.3 Å². The average Bonchev–Trinajstić information content (AvgIpc) is 3.37. The van der Waals surface area contributed by atoms with Crippen LogP contribution in [-0.4, -0.2) is 17.5 Å². The number of anilines is 1. The lowest BCUT2D eigenvalue weighted by Gasteiger charge is -2.06. The summed E-state index contributed by atoms with van der Waals surface area (Å²) >= 11 is 1.54. The van der Waals surface area contributed by atoms with Crippen molar-refractivity contribution in [2.75, 3.05) is 11.9 Å². The SMILES string of the molecule is CCCCCOc1ccc(C(=O)Nc2nc3c(cc4c5c(cccc53)CC4)s2)cc1. The number of hydrogen-bond donors (Lipinski definition) is 1. The summed E-state index contributed by atoms with van der Waals surface area (Å²) in [6, 6.07) is 16.0. The molecular formula is C25H24N2O2S. The minimum atomic E-state index is -0.149. The van der Waals surface area contributed by atoms with Crippen LogP contribution >= 0.6 is 11.3 Å². The van der Waals surface area contributed by atoms with E-state index in [2.05, 4.69) is 36.5 Å². The van der Waals surface area contributed by atoms with Crippen molar-refractivity contribution in [3.05, 3.63) is 65.2 Å². The van der Waals surface area contributed by atoms with E-state index in [9.17, 15) is 4.79 Å². The molecule has 0 atom stereocenters. The van der Waals surface area contributed by atoms with Crippen molar-refractivity contribution in [1.29, 1.82) is 0 Å². The maximum atomic E-state index is 12.7. The van der Waals surface area contributed by atoms with Crippen LogP contribution < -0.4 is 10.1 Å². The fourth-order valence-corrected chi connectivity index (χ4v) is 5.11. The smallest absolute Gasteiger partial charge is 0.257 e. The molecule has 0 spiro atoms. The first kappa shape index (κ1) is 19.1. The molecule has 152 valence electrons. The van der Waals surface area contributed by atoms with Crippen LogP contribution in [0.4, 0.5) is 5.13 Å². The number of nitrogens with one attached hydrogen (secondary N) is 1. The van der Waals surface area contributed by atoms with Gasteiger partial charge in [-0.15, -0.1) is 0 Å². The highest BCUT2D eigenvalue weighted by Crippen LogP contribution is 2.39. The van der Waals surface area contributed by atoms with E-state index in [1.54, 1.807) is 12.1 Å². The number of rotatable bonds is 7. The maximum Gasteiger partial charge on any atom is 0.257 e. The minimum Gasteiger partial charge on any atom is -0.494 e. The molecular weight excluding hydrogens is 392 g/mol. The predicted molar refractivity (Wildman–Crippen MR) is 124 cm³/mol. The third kappa shape index (κ3) is 3.54. The molecule has 5 heteroatoms. The highest BCUT2D eigenvalue weighted by molar-refractivity contribution is 7.22. The van der Waals surface area contributed by atoms with Gasteiger partial charge < -0.3 is 4.74 Å². The summed E-state index contributed by atoms with van der Waals surface area (Å²) in [7, 11) is 0. The Kier molecular flexibility index (Phi) is 5.13. The van der Waals surface area contributed by atoms with Crippen LogP contribution in [0, 0.1) is 0 Å². The summed E-state index contributed by atoms with van der Waals surface area (Å²) in [5.41, 5.74) is 4.38. The fourth-order valence-electron chi connectivity index (χ4n) is 4.17. The lowest BCUT2D eigenvalue weighted by atomic mass is 10.0. The largest absolute Gasteiger partial charge is 0.494 e. The van der Waals surface area contributed by atoms with Gasteiger partial charge in [0.15, 0.2) is 5.13 Å². The highest BCUT2D eigenvalue weighted by atomic mass is 32.1. The van der Waals surface area contributed by atoms with Gasteiger partial charge in [0.1, 0.15) is 5.75 Å². The summed E-state index contributed by atoms with van der Waals surface area (Å²) < 4.78 is 6.85. The number of carbonyl (C=O) groups is 1. The number of amides is 1. The van der Waals surface area contributed by atoms with Crippen molar-refractivity contribution in [3.63, 3.8) is 0 Å². The Morgan fingerprint density at radius 1 is 1.10 bits per heavy atom. The molecule has 0 radical (unpaired) electrons. The lowest BCUT2D eigenvalue weighted by Crippen LogP contribution is -2.11. The second-order valence-electron chi connectivity index (χ2n) is 7.78. The van der Waals surface area contributed by atoms with Crippen LogP contribution in [0.3, 0.4) is 0 Å². The maximum absolute atomic E-state index is 12.7. The van der Waals surface area contributed by atoms with Gasteiger partial charge >= 0.3 is 0 Å². The van der Waals surface area contributed by atoms with E-state index in [4.69, 9.17) is 9.72 Å². The predicted octanol–water partition coefficient (Wildman–Crippen LogP) is 6.37. The molecule has 0 bridgehead atoms. The third-order valence-corrected chi connectivity index (χ3v) is 6.62. The fraction of sp³-hybridized carbons (Fsp3) is 0.280. The number of benzene rings is 3. The molecule has 1 N–H and O–H groups in total. The molecule has 1 amide bonds. The van der Waals surface area contributed by atoms with E-state index in [1.807, 2.05) is 12.1 Å². The zero-order valence-electron chi connectivity index (χ0n) is 17.0. The normalized spacial score (nSPS) is 12.6. The number of nitrogens with zero attached hydrogens (tertiary/aromatic N) is 1. The minimum absolute atomic E-state index is 0.149. The van der Waals surface area contributed by atoms with Gasteiger partial charge in [0.2, 0.25) is 0 Å². The molecule has 4 nitrogen and oxygen atoms in total. The Morgan fingerprint density at radius 3 is 2.77 bits per heavy atom. The molecule has 5 rings (SSSR count). The molecule has 0 fully saturated rings. The molecule has 0 saturated carbocycles. The Hall–Kier alpha value is -2.92. The number of aromatic nitrogens is 1. The van der Waals surface area contributed by atoms with Crippen LogP contribution in [0.2, 0.25) is 0 Å². The van der Waals surface area contributed by atoms with Crippen LogP contribution in [0.25, 0.3) is 21.0 Å². The Labute approximate surface area is 179 Å². The second-order valence-corrected chi connectivity index (χ2v) is 8.81. The monoisotopic (exact) mass is 416 g/mol. The molecule has 3 aromatic carbocycles. The number of aryl methyl sites for hydroxylation is 2. The standard InChI is InChI=1S/C25H24N2O2S/c1-2-3-4-14-29-19-12-10-17(11-13-19)24(28)27-25-26-23-20-7-5-6-16-8-9-18(22(16)20)15-21(23)30-25/h5-7,10-13,15H,2-4,8-9,14H2,1H3,(H,26,27,28). The van der Waals surface area contributed by atoms with Gasteiger partial charge in [-0.1, -0.05) is 49.3 Å². The zero-order chi connectivity index (χ0) is 20.5. The summed E-state index contributed by atoms with van der Waals surface area (Å²) in [5.74, 6) is 0.649. The van der Waals surface area contributed by atoms with Crippen molar-refractivity contribution in [1.82, 2.24) is 4.98 Å². The van der Waals surface area contributed by atoms with Gasteiger partial charge in [0, 0.05) is 10.9 Å². The molecule has 1 aromatic heterocycles. The number of hydrogen-bond acceptors (Lipinski definition) is 4. The Balaban J connectivity index is 1.34. The quantitative estimate of drug-likeness (QED) is 0.356. The summed E-state index contributed by atoms with van der Waals surface area (Å²) in [4.78, 5) is 17.5. The number of ether oxygens (including phenoxy) is 1. The van der Waals surface area contributed by atoms with Gasteiger partial charge in [-0.05, 0) is 66.1 Å². The van der Waals surface area contributed by atoms with Gasteiger partial charge in [-0.25, -0.2) is 4.98 Å². The summed E-state index contributed by atoms with van der Waals surface area (Å²) in [5, 5.41) is 6.15. The van der Waals surface area contributed by atoms with E-state index in [-0.39, 0.29) is 5.91 Å².